The summed E-state index contributed by atoms with van der Waals surface area (Å²) < 4.78 is 2.64. The molecular weight excluding hydrogens is 413 g/mol. The first-order valence-electron chi connectivity index (χ1n) is 8.96. The fourth-order valence-electron chi connectivity index (χ4n) is 3.80. The van der Waals surface area contributed by atoms with E-state index < -0.39 is 0 Å². The van der Waals surface area contributed by atoms with E-state index in [0.717, 1.165) is 5.92 Å². The summed E-state index contributed by atoms with van der Waals surface area (Å²) in [6.45, 7) is 15.2. The number of rotatable bonds is 4. The van der Waals surface area contributed by atoms with Crippen LogP contribution in [0.4, 0.5) is 0 Å². The highest BCUT2D eigenvalue weighted by molar-refractivity contribution is 14.2. The van der Waals surface area contributed by atoms with Gasteiger partial charge in [0.15, 0.2) is 0 Å². The molecule has 0 radical (unpaired) electrons. The molecule has 1 nitrogen and oxygen atoms in total. The Kier molecular flexibility index (Phi) is 6.89. The van der Waals surface area contributed by atoms with E-state index in [-0.39, 0.29) is 5.41 Å². The third-order valence-electron chi connectivity index (χ3n) is 5.09. The van der Waals surface area contributed by atoms with Crippen molar-refractivity contribution in [3.8, 4) is 0 Å². The summed E-state index contributed by atoms with van der Waals surface area (Å²) >= 11 is 2.47. The quantitative estimate of drug-likeness (QED) is 0.373. The highest BCUT2D eigenvalue weighted by Gasteiger charge is 2.33. The molecular formula is C20H32INS. The first kappa shape index (κ1) is 19.6. The van der Waals surface area contributed by atoms with Crippen molar-refractivity contribution in [3.05, 3.63) is 34.9 Å². The molecule has 0 bridgehead atoms. The average molecular weight is 445 g/mol. The van der Waals surface area contributed by atoms with Crippen LogP contribution in [-0.4, -0.2) is 16.9 Å². The minimum atomic E-state index is 0.234. The van der Waals surface area contributed by atoms with Crippen LogP contribution < -0.4 is 0 Å². The molecule has 1 aliphatic heterocycles. The normalized spacial score (nSPS) is 23.0. The van der Waals surface area contributed by atoms with Crippen molar-refractivity contribution in [1.82, 2.24) is 4.31 Å². The molecule has 1 aliphatic rings. The molecule has 0 saturated heterocycles. The Morgan fingerprint density at radius 3 is 2.52 bits per heavy atom. The van der Waals surface area contributed by atoms with Crippen LogP contribution in [0.25, 0.3) is 0 Å². The zero-order valence-corrected chi connectivity index (χ0v) is 18.5. The SMILES string of the molecule is CCC1c2ccc(C(C)(C)C)cc2CCN(SI)[C@@H]1CC(C)C. The van der Waals surface area contributed by atoms with Gasteiger partial charge in [-0.3, -0.25) is 0 Å². The Hall–Kier alpha value is 0.260. The Labute approximate surface area is 159 Å². The van der Waals surface area contributed by atoms with Gasteiger partial charge in [0.2, 0.25) is 0 Å². The molecule has 23 heavy (non-hydrogen) atoms. The van der Waals surface area contributed by atoms with Gasteiger partial charge in [-0.25, -0.2) is 4.31 Å². The Bertz CT molecular complexity index is 521. The van der Waals surface area contributed by atoms with Gasteiger partial charge in [0.25, 0.3) is 0 Å². The predicted molar refractivity (Wildman–Crippen MR) is 113 cm³/mol. The molecule has 130 valence electrons. The van der Waals surface area contributed by atoms with Crippen molar-refractivity contribution in [2.45, 2.75) is 78.2 Å². The topological polar surface area (TPSA) is 3.24 Å². The van der Waals surface area contributed by atoms with E-state index in [1.165, 1.54) is 31.4 Å². The van der Waals surface area contributed by atoms with Crippen molar-refractivity contribution in [1.29, 1.82) is 0 Å². The molecule has 2 atom stereocenters. The number of benzene rings is 1. The Morgan fingerprint density at radius 2 is 2.00 bits per heavy atom. The van der Waals surface area contributed by atoms with E-state index in [1.807, 2.05) is 9.12 Å². The first-order valence-corrected chi connectivity index (χ1v) is 12.3. The van der Waals surface area contributed by atoms with Crippen molar-refractivity contribution in [3.63, 3.8) is 0 Å². The molecule has 1 heterocycles. The molecule has 0 aromatic heterocycles. The summed E-state index contributed by atoms with van der Waals surface area (Å²) in [6, 6.07) is 7.97. The molecule has 1 unspecified atom stereocenters. The third-order valence-corrected chi connectivity index (χ3v) is 7.23. The van der Waals surface area contributed by atoms with E-state index >= 15 is 0 Å². The monoisotopic (exact) mass is 445 g/mol. The second kappa shape index (κ2) is 8.09. The minimum absolute atomic E-state index is 0.234. The van der Waals surface area contributed by atoms with Crippen LogP contribution in [0.2, 0.25) is 0 Å². The molecule has 3 heteroatoms. The van der Waals surface area contributed by atoms with Crippen molar-refractivity contribution < 1.29 is 0 Å². The van der Waals surface area contributed by atoms with Gasteiger partial charge in [-0.2, -0.15) is 0 Å². The van der Waals surface area contributed by atoms with Crippen LogP contribution in [0, 0.1) is 5.92 Å². The Balaban J connectivity index is 2.44. The second-order valence-corrected chi connectivity index (χ2v) is 10.1. The van der Waals surface area contributed by atoms with Crippen LogP contribution >= 0.6 is 30.3 Å². The van der Waals surface area contributed by atoms with Crippen LogP contribution in [0.1, 0.15) is 77.0 Å². The lowest BCUT2D eigenvalue weighted by Crippen LogP contribution is -2.34. The fourth-order valence-corrected chi connectivity index (χ4v) is 5.76. The molecule has 0 aliphatic carbocycles. The van der Waals surface area contributed by atoms with Gasteiger partial charge in [-0.05, 0) is 56.4 Å². The summed E-state index contributed by atoms with van der Waals surface area (Å²) in [6.07, 6.45) is 3.70. The smallest absolute Gasteiger partial charge is 0.0281 e. The summed E-state index contributed by atoms with van der Waals surface area (Å²) in [5.41, 5.74) is 4.91. The maximum Gasteiger partial charge on any atom is 0.0281 e. The molecule has 1 aromatic rings. The highest BCUT2D eigenvalue weighted by atomic mass is 127. The molecule has 2 rings (SSSR count). The van der Waals surface area contributed by atoms with Crippen molar-refractivity contribution in [2.24, 2.45) is 5.92 Å². The zero-order chi connectivity index (χ0) is 17.2. The summed E-state index contributed by atoms with van der Waals surface area (Å²) in [5.74, 6) is 1.40. The third kappa shape index (κ3) is 4.66. The van der Waals surface area contributed by atoms with Crippen molar-refractivity contribution >= 4 is 30.3 Å². The number of hydrogen-bond acceptors (Lipinski definition) is 2. The molecule has 0 N–H and O–H groups in total. The van der Waals surface area contributed by atoms with Gasteiger partial charge in [0, 0.05) is 39.7 Å². The standard InChI is InChI=1S/C20H32INS/c1-7-17-18-9-8-16(20(4,5)6)13-15(18)10-11-22(23-21)19(17)12-14(2)3/h8-9,13-14,17,19H,7,10-12H2,1-6H3/t17?,19-/m1/s1. The average Bonchev–Trinajstić information content (AvgIpc) is 2.61. The largest absolute Gasteiger partial charge is 0.238 e. The van der Waals surface area contributed by atoms with Gasteiger partial charge < -0.3 is 0 Å². The number of hydrogen-bond donors (Lipinski definition) is 0. The molecule has 0 saturated carbocycles. The minimum Gasteiger partial charge on any atom is -0.238 e. The van der Waals surface area contributed by atoms with Crippen molar-refractivity contribution in [2.75, 3.05) is 6.54 Å². The van der Waals surface area contributed by atoms with Gasteiger partial charge >= 0.3 is 0 Å². The van der Waals surface area contributed by atoms with Gasteiger partial charge in [0.1, 0.15) is 0 Å². The van der Waals surface area contributed by atoms with Gasteiger partial charge in [0.05, 0.1) is 0 Å². The lowest BCUT2D eigenvalue weighted by Gasteiger charge is -2.34. The number of halogens is 1. The summed E-state index contributed by atoms with van der Waals surface area (Å²) in [5, 5.41) is 0. The van der Waals surface area contributed by atoms with E-state index in [4.69, 9.17) is 0 Å². The van der Waals surface area contributed by atoms with Crippen LogP contribution in [0.5, 0.6) is 0 Å². The second-order valence-electron chi connectivity index (χ2n) is 8.33. The van der Waals surface area contributed by atoms with Crippen LogP contribution in [-0.2, 0) is 11.8 Å². The summed E-state index contributed by atoms with van der Waals surface area (Å²) in [7, 11) is 1.91. The maximum atomic E-state index is 2.64. The maximum absolute atomic E-state index is 2.64. The number of fused-ring (bicyclic) bond motifs is 1. The summed E-state index contributed by atoms with van der Waals surface area (Å²) in [4.78, 5) is 0. The van der Waals surface area contributed by atoms with E-state index in [9.17, 15) is 0 Å². The Morgan fingerprint density at radius 1 is 1.30 bits per heavy atom. The predicted octanol–water partition coefficient (Wildman–Crippen LogP) is 6.75. The number of nitrogens with zero attached hydrogens (tertiary/aromatic N) is 1. The molecule has 0 fully saturated rings. The van der Waals surface area contributed by atoms with Crippen LogP contribution in [0.15, 0.2) is 18.2 Å². The first-order chi connectivity index (χ1) is 10.8. The van der Waals surface area contributed by atoms with E-state index in [0.29, 0.717) is 12.0 Å². The van der Waals surface area contributed by atoms with Gasteiger partial charge in [-0.1, -0.05) is 59.7 Å². The highest BCUT2D eigenvalue weighted by Crippen LogP contribution is 2.41. The molecule has 0 amide bonds. The lowest BCUT2D eigenvalue weighted by molar-refractivity contribution is 0.271. The van der Waals surface area contributed by atoms with E-state index in [2.05, 4.69) is 85.3 Å². The lowest BCUT2D eigenvalue weighted by atomic mass is 9.80. The molecule has 0 spiro atoms. The van der Waals surface area contributed by atoms with Gasteiger partial charge in [-0.15, -0.1) is 0 Å². The van der Waals surface area contributed by atoms with Crippen LogP contribution in [0.3, 0.4) is 0 Å². The fraction of sp³-hybridized carbons (Fsp3) is 0.700. The van der Waals surface area contributed by atoms with E-state index in [1.54, 1.807) is 11.1 Å². The zero-order valence-electron chi connectivity index (χ0n) is 15.5. The molecule has 1 aromatic carbocycles.